The molecule has 5 nitrogen and oxygen atoms in total. The van der Waals surface area contributed by atoms with E-state index in [2.05, 4.69) is 47.0 Å². The average Bonchev–Trinajstić information content (AvgIpc) is 2.92. The van der Waals surface area contributed by atoms with E-state index in [1.54, 1.807) is 0 Å². The van der Waals surface area contributed by atoms with E-state index in [-0.39, 0.29) is 12.0 Å². The van der Waals surface area contributed by atoms with Crippen molar-refractivity contribution >= 4 is 5.82 Å². The zero-order chi connectivity index (χ0) is 17.2. The lowest BCUT2D eigenvalue weighted by Gasteiger charge is -2.42. The van der Waals surface area contributed by atoms with E-state index in [0.29, 0.717) is 0 Å². The molecule has 2 aromatic rings. The highest BCUT2D eigenvalue weighted by atomic mass is 16.3. The van der Waals surface area contributed by atoms with Crippen molar-refractivity contribution in [3.05, 3.63) is 41.3 Å². The van der Waals surface area contributed by atoms with E-state index in [0.717, 1.165) is 56.0 Å². The first-order chi connectivity index (χ1) is 11.5. The zero-order valence-corrected chi connectivity index (χ0v) is 15.0. The third-order valence-corrected chi connectivity index (χ3v) is 5.32. The molecule has 1 N–H and O–H groups in total. The van der Waals surface area contributed by atoms with Gasteiger partial charge in [-0.3, -0.25) is 4.68 Å². The van der Waals surface area contributed by atoms with Crippen molar-refractivity contribution in [2.24, 2.45) is 5.41 Å². The van der Waals surface area contributed by atoms with Gasteiger partial charge in [-0.15, -0.1) is 0 Å². The molecule has 1 unspecified atom stereocenters. The van der Waals surface area contributed by atoms with Gasteiger partial charge in [0.15, 0.2) is 0 Å². The van der Waals surface area contributed by atoms with Gasteiger partial charge in [0.1, 0.15) is 5.82 Å². The predicted molar refractivity (Wildman–Crippen MR) is 96.3 cm³/mol. The number of pyridine rings is 1. The molecule has 5 heteroatoms. The fourth-order valence-corrected chi connectivity index (χ4v) is 3.64. The molecule has 0 saturated carbocycles. The minimum atomic E-state index is 0.0301. The Bertz CT molecular complexity index is 673. The molecule has 0 bridgehead atoms. The number of aliphatic hydroxyl groups excluding tert-OH is 1. The summed E-state index contributed by atoms with van der Waals surface area (Å²) in [5.41, 5.74) is 3.40. The van der Waals surface area contributed by atoms with Gasteiger partial charge in [-0.1, -0.05) is 13.0 Å². The van der Waals surface area contributed by atoms with Crippen LogP contribution in [0.5, 0.6) is 0 Å². The molecule has 1 fully saturated rings. The third kappa shape index (κ3) is 3.46. The van der Waals surface area contributed by atoms with Crippen LogP contribution in [0.4, 0.5) is 5.82 Å². The Kier molecular flexibility index (Phi) is 4.90. The van der Waals surface area contributed by atoms with Crippen LogP contribution >= 0.6 is 0 Å². The molecule has 1 saturated heterocycles. The molecule has 3 rings (SSSR count). The van der Waals surface area contributed by atoms with E-state index in [1.165, 1.54) is 5.69 Å². The Balaban J connectivity index is 1.71. The summed E-state index contributed by atoms with van der Waals surface area (Å²) in [5.74, 6) is 1.01. The molecule has 0 radical (unpaired) electrons. The highest BCUT2D eigenvalue weighted by Gasteiger charge is 2.33. The van der Waals surface area contributed by atoms with Crippen LogP contribution < -0.4 is 4.90 Å². The van der Waals surface area contributed by atoms with Crippen molar-refractivity contribution in [3.63, 3.8) is 0 Å². The van der Waals surface area contributed by atoms with Crippen LogP contribution in [-0.4, -0.2) is 39.6 Å². The molecule has 1 aliphatic heterocycles. The van der Waals surface area contributed by atoms with E-state index < -0.39 is 0 Å². The summed E-state index contributed by atoms with van der Waals surface area (Å²) in [5, 5.41) is 14.3. The van der Waals surface area contributed by atoms with Crippen molar-refractivity contribution in [3.8, 4) is 0 Å². The first-order valence-electron chi connectivity index (χ1n) is 8.87. The normalized spacial score (nSPS) is 21.2. The van der Waals surface area contributed by atoms with Crippen LogP contribution in [0.2, 0.25) is 0 Å². The van der Waals surface area contributed by atoms with E-state index in [9.17, 15) is 5.11 Å². The summed E-state index contributed by atoms with van der Waals surface area (Å²) in [6.45, 7) is 9.19. The molecular weight excluding hydrogens is 300 g/mol. The number of aromatic nitrogens is 3. The summed E-state index contributed by atoms with van der Waals surface area (Å²) in [6, 6.07) is 6.33. The van der Waals surface area contributed by atoms with Crippen molar-refractivity contribution in [2.45, 2.75) is 46.6 Å². The molecule has 3 heterocycles. The number of aryl methyl sites for hydroxylation is 2. The maximum Gasteiger partial charge on any atom is 0.128 e. The van der Waals surface area contributed by atoms with E-state index in [4.69, 9.17) is 0 Å². The number of aliphatic hydroxyl groups is 1. The molecule has 130 valence electrons. The first kappa shape index (κ1) is 17.0. The molecule has 24 heavy (non-hydrogen) atoms. The first-order valence-corrected chi connectivity index (χ1v) is 8.87. The highest BCUT2D eigenvalue weighted by Crippen LogP contribution is 2.34. The van der Waals surface area contributed by atoms with Gasteiger partial charge in [-0.05, 0) is 50.8 Å². The van der Waals surface area contributed by atoms with Crippen LogP contribution in [0.15, 0.2) is 24.4 Å². The van der Waals surface area contributed by atoms with Gasteiger partial charge in [0, 0.05) is 30.4 Å². The van der Waals surface area contributed by atoms with Crippen molar-refractivity contribution in [1.82, 2.24) is 14.8 Å². The van der Waals surface area contributed by atoms with Crippen LogP contribution in [0, 0.1) is 19.3 Å². The largest absolute Gasteiger partial charge is 0.396 e. The summed E-state index contributed by atoms with van der Waals surface area (Å²) in [7, 11) is 0. The Hall–Kier alpha value is -1.88. The van der Waals surface area contributed by atoms with Crippen molar-refractivity contribution in [2.75, 3.05) is 24.6 Å². The maximum absolute atomic E-state index is 9.79. The summed E-state index contributed by atoms with van der Waals surface area (Å²) in [4.78, 5) is 6.99. The van der Waals surface area contributed by atoms with Gasteiger partial charge in [0.05, 0.1) is 18.8 Å². The fourth-order valence-electron chi connectivity index (χ4n) is 3.64. The quantitative estimate of drug-likeness (QED) is 0.917. The van der Waals surface area contributed by atoms with Gasteiger partial charge in [-0.2, -0.15) is 5.10 Å². The number of nitrogens with zero attached hydrogens (tertiary/aromatic N) is 4. The van der Waals surface area contributed by atoms with Gasteiger partial charge in [0.2, 0.25) is 0 Å². The highest BCUT2D eigenvalue weighted by molar-refractivity contribution is 5.40. The Morgan fingerprint density at radius 1 is 1.29 bits per heavy atom. The molecule has 0 aliphatic carbocycles. The number of anilines is 1. The minimum absolute atomic E-state index is 0.0301. The van der Waals surface area contributed by atoms with E-state index in [1.807, 2.05) is 17.8 Å². The molecular formula is C19H28N4O. The number of rotatable bonds is 5. The van der Waals surface area contributed by atoms with Gasteiger partial charge in [0.25, 0.3) is 0 Å². The second-order valence-corrected chi connectivity index (χ2v) is 7.15. The SMILES string of the molecule is CCC1(CO)CCCN(c2ccc(Cn3nc(C)cc3C)cn2)C1. The van der Waals surface area contributed by atoms with Crippen molar-refractivity contribution < 1.29 is 5.11 Å². The smallest absolute Gasteiger partial charge is 0.128 e. The number of piperidine rings is 1. The summed E-state index contributed by atoms with van der Waals surface area (Å²) in [6.07, 6.45) is 5.18. The fraction of sp³-hybridized carbons (Fsp3) is 0.579. The van der Waals surface area contributed by atoms with E-state index >= 15 is 0 Å². The maximum atomic E-state index is 9.79. The topological polar surface area (TPSA) is 54.2 Å². The van der Waals surface area contributed by atoms with Crippen LogP contribution in [-0.2, 0) is 6.54 Å². The van der Waals surface area contributed by atoms with Crippen molar-refractivity contribution in [1.29, 1.82) is 0 Å². The second kappa shape index (κ2) is 6.93. The van der Waals surface area contributed by atoms with Gasteiger partial charge in [-0.25, -0.2) is 4.98 Å². The molecule has 0 amide bonds. The third-order valence-electron chi connectivity index (χ3n) is 5.32. The molecule has 2 aromatic heterocycles. The number of hydrogen-bond acceptors (Lipinski definition) is 4. The number of hydrogen-bond donors (Lipinski definition) is 1. The molecule has 1 atom stereocenters. The van der Waals surface area contributed by atoms with Gasteiger partial charge < -0.3 is 10.0 Å². The van der Waals surface area contributed by atoms with Gasteiger partial charge >= 0.3 is 0 Å². The Morgan fingerprint density at radius 2 is 2.12 bits per heavy atom. The molecule has 1 aliphatic rings. The lowest BCUT2D eigenvalue weighted by Crippen LogP contribution is -2.45. The Morgan fingerprint density at radius 3 is 2.71 bits per heavy atom. The summed E-state index contributed by atoms with van der Waals surface area (Å²) < 4.78 is 2.01. The lowest BCUT2D eigenvalue weighted by molar-refractivity contribution is 0.101. The Labute approximate surface area is 144 Å². The van der Waals surface area contributed by atoms with Crippen LogP contribution in [0.1, 0.15) is 43.1 Å². The second-order valence-electron chi connectivity index (χ2n) is 7.15. The monoisotopic (exact) mass is 328 g/mol. The predicted octanol–water partition coefficient (Wildman–Crippen LogP) is 2.93. The van der Waals surface area contributed by atoms with Crippen LogP contribution in [0.3, 0.4) is 0 Å². The average molecular weight is 328 g/mol. The standard InChI is InChI=1S/C19H28N4O/c1-4-19(14-24)8-5-9-22(13-19)18-7-6-17(11-20-18)12-23-16(3)10-15(2)21-23/h6-7,10-11,24H,4-5,8-9,12-14H2,1-3H3. The lowest BCUT2D eigenvalue weighted by atomic mass is 9.78. The molecule has 0 spiro atoms. The molecule has 0 aromatic carbocycles. The van der Waals surface area contributed by atoms with Crippen LogP contribution in [0.25, 0.3) is 0 Å². The summed E-state index contributed by atoms with van der Waals surface area (Å²) >= 11 is 0. The minimum Gasteiger partial charge on any atom is -0.396 e. The zero-order valence-electron chi connectivity index (χ0n) is 15.0.